The summed E-state index contributed by atoms with van der Waals surface area (Å²) in [7, 11) is 0. The van der Waals surface area contributed by atoms with E-state index in [1.807, 2.05) is 0 Å². The molecule has 14 heavy (non-hydrogen) atoms. The average molecular weight is 216 g/mol. The molecule has 0 aromatic heterocycles. The SMILES string of the molecule is CCSCCCN1CCC(CN)CC1. The van der Waals surface area contributed by atoms with Crippen molar-refractivity contribution in [2.45, 2.75) is 26.2 Å². The highest BCUT2D eigenvalue weighted by molar-refractivity contribution is 7.99. The monoisotopic (exact) mass is 216 g/mol. The second kappa shape index (κ2) is 7.55. The van der Waals surface area contributed by atoms with Crippen LogP contribution in [-0.2, 0) is 0 Å². The van der Waals surface area contributed by atoms with Crippen LogP contribution in [0.25, 0.3) is 0 Å². The number of nitrogens with zero attached hydrogens (tertiary/aromatic N) is 1. The summed E-state index contributed by atoms with van der Waals surface area (Å²) in [4.78, 5) is 2.60. The normalized spacial score (nSPS) is 20.1. The van der Waals surface area contributed by atoms with E-state index in [0.717, 1.165) is 12.5 Å². The molecule has 1 heterocycles. The minimum atomic E-state index is 0.802. The van der Waals surface area contributed by atoms with Crippen LogP contribution in [0.1, 0.15) is 26.2 Å². The van der Waals surface area contributed by atoms with Gasteiger partial charge in [-0.1, -0.05) is 6.92 Å². The maximum Gasteiger partial charge on any atom is -0.00109 e. The smallest absolute Gasteiger partial charge is 0.00109 e. The Morgan fingerprint density at radius 3 is 2.64 bits per heavy atom. The lowest BCUT2D eigenvalue weighted by Gasteiger charge is -2.31. The Labute approximate surface area is 92.6 Å². The Kier molecular flexibility index (Phi) is 6.65. The summed E-state index contributed by atoms with van der Waals surface area (Å²) in [5.74, 6) is 3.39. The minimum absolute atomic E-state index is 0.802. The summed E-state index contributed by atoms with van der Waals surface area (Å²) in [6.45, 7) is 6.97. The topological polar surface area (TPSA) is 29.3 Å². The van der Waals surface area contributed by atoms with Gasteiger partial charge in [0.1, 0.15) is 0 Å². The van der Waals surface area contributed by atoms with Gasteiger partial charge in [0.05, 0.1) is 0 Å². The number of thioether (sulfide) groups is 1. The van der Waals surface area contributed by atoms with Crippen molar-refractivity contribution in [2.24, 2.45) is 11.7 Å². The summed E-state index contributed by atoms with van der Waals surface area (Å²) in [5.41, 5.74) is 5.67. The van der Waals surface area contributed by atoms with Gasteiger partial charge in [-0.2, -0.15) is 11.8 Å². The molecule has 0 aliphatic carbocycles. The second-order valence-corrected chi connectivity index (χ2v) is 5.47. The van der Waals surface area contributed by atoms with Gasteiger partial charge in [0.25, 0.3) is 0 Å². The first-order valence-electron chi connectivity index (χ1n) is 5.87. The van der Waals surface area contributed by atoms with Crippen LogP contribution < -0.4 is 5.73 Å². The standard InChI is InChI=1S/C11H24N2S/c1-2-14-9-3-6-13-7-4-11(10-12)5-8-13/h11H,2-10,12H2,1H3. The van der Waals surface area contributed by atoms with Crippen molar-refractivity contribution >= 4 is 11.8 Å². The van der Waals surface area contributed by atoms with Crippen LogP contribution in [0.15, 0.2) is 0 Å². The number of nitrogens with two attached hydrogens (primary N) is 1. The Morgan fingerprint density at radius 2 is 2.07 bits per heavy atom. The van der Waals surface area contributed by atoms with Gasteiger partial charge in [0.15, 0.2) is 0 Å². The minimum Gasteiger partial charge on any atom is -0.330 e. The van der Waals surface area contributed by atoms with Crippen molar-refractivity contribution in [3.63, 3.8) is 0 Å². The maximum absolute atomic E-state index is 5.67. The third kappa shape index (κ3) is 4.67. The van der Waals surface area contributed by atoms with Crippen LogP contribution in [0.4, 0.5) is 0 Å². The van der Waals surface area contributed by atoms with E-state index in [9.17, 15) is 0 Å². The Hall–Kier alpha value is 0.270. The van der Waals surface area contributed by atoms with E-state index < -0.39 is 0 Å². The van der Waals surface area contributed by atoms with Crippen LogP contribution in [-0.4, -0.2) is 42.6 Å². The van der Waals surface area contributed by atoms with E-state index in [-0.39, 0.29) is 0 Å². The van der Waals surface area contributed by atoms with Gasteiger partial charge >= 0.3 is 0 Å². The Balaban J connectivity index is 1.98. The maximum atomic E-state index is 5.67. The third-order valence-electron chi connectivity index (χ3n) is 3.01. The van der Waals surface area contributed by atoms with E-state index in [1.165, 1.54) is 50.4 Å². The predicted molar refractivity (Wildman–Crippen MR) is 65.8 cm³/mol. The highest BCUT2D eigenvalue weighted by atomic mass is 32.2. The van der Waals surface area contributed by atoms with Gasteiger partial charge in [0, 0.05) is 0 Å². The summed E-state index contributed by atoms with van der Waals surface area (Å²) >= 11 is 2.06. The van der Waals surface area contributed by atoms with E-state index in [0.29, 0.717) is 0 Å². The first kappa shape index (κ1) is 12.3. The zero-order chi connectivity index (χ0) is 10.2. The van der Waals surface area contributed by atoms with Crippen molar-refractivity contribution in [1.29, 1.82) is 0 Å². The Morgan fingerprint density at radius 1 is 1.36 bits per heavy atom. The van der Waals surface area contributed by atoms with E-state index in [4.69, 9.17) is 5.73 Å². The molecule has 0 atom stereocenters. The van der Waals surface area contributed by atoms with Crippen LogP contribution >= 0.6 is 11.8 Å². The van der Waals surface area contributed by atoms with Gasteiger partial charge in [-0.05, 0) is 62.9 Å². The summed E-state index contributed by atoms with van der Waals surface area (Å²) in [6.07, 6.45) is 3.99. The van der Waals surface area contributed by atoms with E-state index in [1.54, 1.807) is 0 Å². The molecule has 0 amide bonds. The van der Waals surface area contributed by atoms with Crippen molar-refractivity contribution in [1.82, 2.24) is 4.90 Å². The number of hydrogen-bond donors (Lipinski definition) is 1. The van der Waals surface area contributed by atoms with Gasteiger partial charge in [-0.3, -0.25) is 0 Å². The molecule has 3 heteroatoms. The number of piperidine rings is 1. The van der Waals surface area contributed by atoms with Crippen LogP contribution in [0, 0.1) is 5.92 Å². The van der Waals surface area contributed by atoms with Crippen molar-refractivity contribution < 1.29 is 0 Å². The van der Waals surface area contributed by atoms with Crippen LogP contribution in [0.5, 0.6) is 0 Å². The molecule has 0 bridgehead atoms. The van der Waals surface area contributed by atoms with Gasteiger partial charge < -0.3 is 10.6 Å². The third-order valence-corrected chi connectivity index (χ3v) is 3.99. The molecule has 2 nitrogen and oxygen atoms in total. The van der Waals surface area contributed by atoms with Gasteiger partial charge in [-0.25, -0.2) is 0 Å². The summed E-state index contributed by atoms with van der Waals surface area (Å²) in [5, 5.41) is 0. The quantitative estimate of drug-likeness (QED) is 0.687. The molecule has 1 fully saturated rings. The lowest BCUT2D eigenvalue weighted by Crippen LogP contribution is -2.36. The average Bonchev–Trinajstić information content (AvgIpc) is 2.25. The van der Waals surface area contributed by atoms with Crippen molar-refractivity contribution in [2.75, 3.05) is 37.7 Å². The first-order valence-corrected chi connectivity index (χ1v) is 7.02. The molecule has 1 saturated heterocycles. The number of rotatable bonds is 6. The number of hydrogen-bond acceptors (Lipinski definition) is 3. The lowest BCUT2D eigenvalue weighted by molar-refractivity contribution is 0.188. The molecule has 0 aromatic carbocycles. The fraction of sp³-hybridized carbons (Fsp3) is 1.00. The fourth-order valence-corrected chi connectivity index (χ4v) is 2.60. The highest BCUT2D eigenvalue weighted by Crippen LogP contribution is 2.16. The summed E-state index contributed by atoms with van der Waals surface area (Å²) in [6, 6.07) is 0. The number of likely N-dealkylation sites (tertiary alicyclic amines) is 1. The molecule has 0 radical (unpaired) electrons. The largest absolute Gasteiger partial charge is 0.330 e. The zero-order valence-electron chi connectivity index (χ0n) is 9.37. The first-order chi connectivity index (χ1) is 6.86. The molecule has 1 aliphatic heterocycles. The highest BCUT2D eigenvalue weighted by Gasteiger charge is 2.16. The molecule has 0 spiro atoms. The molecule has 1 aliphatic rings. The van der Waals surface area contributed by atoms with Crippen molar-refractivity contribution in [3.05, 3.63) is 0 Å². The molecule has 84 valence electrons. The van der Waals surface area contributed by atoms with Gasteiger partial charge in [0.2, 0.25) is 0 Å². The molecule has 0 saturated carbocycles. The molecule has 0 unspecified atom stereocenters. The fourth-order valence-electron chi connectivity index (χ4n) is 1.98. The molecule has 0 aromatic rings. The van der Waals surface area contributed by atoms with E-state index in [2.05, 4.69) is 23.6 Å². The zero-order valence-corrected chi connectivity index (χ0v) is 10.2. The molecule has 2 N–H and O–H groups in total. The second-order valence-electron chi connectivity index (χ2n) is 4.07. The van der Waals surface area contributed by atoms with Crippen LogP contribution in [0.3, 0.4) is 0 Å². The molecular weight excluding hydrogens is 192 g/mol. The van der Waals surface area contributed by atoms with Crippen molar-refractivity contribution in [3.8, 4) is 0 Å². The molecule has 1 rings (SSSR count). The van der Waals surface area contributed by atoms with E-state index >= 15 is 0 Å². The van der Waals surface area contributed by atoms with Crippen LogP contribution in [0.2, 0.25) is 0 Å². The molecular formula is C11H24N2S. The lowest BCUT2D eigenvalue weighted by atomic mass is 9.97. The Bertz CT molecular complexity index is 133. The van der Waals surface area contributed by atoms with Gasteiger partial charge in [-0.15, -0.1) is 0 Å². The summed E-state index contributed by atoms with van der Waals surface area (Å²) < 4.78 is 0. The predicted octanol–water partition coefficient (Wildman–Crippen LogP) is 1.80.